The molecule has 0 saturated carbocycles. The second-order valence-electron chi connectivity index (χ2n) is 5.56. The molecule has 2 aromatic rings. The van der Waals surface area contributed by atoms with Gasteiger partial charge in [0.25, 0.3) is 5.91 Å². The molecule has 0 spiro atoms. The van der Waals surface area contributed by atoms with Gasteiger partial charge in [-0.25, -0.2) is 0 Å². The standard InChI is InChI=1S/C18H17BrClNO2/c19-13-8-9-17(15(20)10-13)23-11-18(22)21-16-7-3-5-12-4-1-2-6-14(12)16/h3,5,7-10H,1-2,4,6,11H2,(H,21,22). The van der Waals surface area contributed by atoms with E-state index in [0.717, 1.165) is 23.0 Å². The van der Waals surface area contributed by atoms with Crippen molar-refractivity contribution in [1.29, 1.82) is 0 Å². The number of nitrogens with one attached hydrogen (secondary N) is 1. The van der Waals surface area contributed by atoms with Crippen molar-refractivity contribution in [2.45, 2.75) is 25.7 Å². The lowest BCUT2D eigenvalue weighted by molar-refractivity contribution is -0.118. The highest BCUT2D eigenvalue weighted by molar-refractivity contribution is 9.10. The van der Waals surface area contributed by atoms with E-state index in [2.05, 4.69) is 27.3 Å². The highest BCUT2D eigenvalue weighted by Gasteiger charge is 2.15. The fraction of sp³-hybridized carbons (Fsp3) is 0.278. The molecule has 0 unspecified atom stereocenters. The van der Waals surface area contributed by atoms with Gasteiger partial charge in [-0.3, -0.25) is 4.79 Å². The summed E-state index contributed by atoms with van der Waals surface area (Å²) in [5.41, 5.74) is 3.50. The van der Waals surface area contributed by atoms with Gasteiger partial charge in [0, 0.05) is 10.2 Å². The Kier molecular flexibility index (Phi) is 5.23. The minimum Gasteiger partial charge on any atom is -0.482 e. The molecule has 0 fully saturated rings. The largest absolute Gasteiger partial charge is 0.482 e. The number of ether oxygens (including phenoxy) is 1. The zero-order chi connectivity index (χ0) is 16.2. The summed E-state index contributed by atoms with van der Waals surface area (Å²) in [4.78, 5) is 12.2. The van der Waals surface area contributed by atoms with E-state index >= 15 is 0 Å². The van der Waals surface area contributed by atoms with Gasteiger partial charge in [-0.1, -0.05) is 39.7 Å². The molecule has 0 aromatic heterocycles. The summed E-state index contributed by atoms with van der Waals surface area (Å²) in [7, 11) is 0. The summed E-state index contributed by atoms with van der Waals surface area (Å²) in [6.45, 7) is -0.0645. The van der Waals surface area contributed by atoms with Crippen molar-refractivity contribution in [3.63, 3.8) is 0 Å². The lowest BCUT2D eigenvalue weighted by atomic mass is 9.90. The van der Waals surface area contributed by atoms with Crippen LogP contribution in [0.5, 0.6) is 5.75 Å². The predicted molar refractivity (Wildman–Crippen MR) is 96.4 cm³/mol. The summed E-state index contributed by atoms with van der Waals surface area (Å²) < 4.78 is 6.38. The zero-order valence-corrected chi connectivity index (χ0v) is 14.9. The third-order valence-electron chi connectivity index (χ3n) is 3.92. The first kappa shape index (κ1) is 16.3. The van der Waals surface area contributed by atoms with E-state index in [1.807, 2.05) is 18.2 Å². The first-order chi connectivity index (χ1) is 11.1. The second kappa shape index (κ2) is 7.37. The summed E-state index contributed by atoms with van der Waals surface area (Å²) in [5.74, 6) is 0.322. The lowest BCUT2D eigenvalue weighted by Gasteiger charge is -2.19. The van der Waals surface area contributed by atoms with Crippen LogP contribution in [-0.4, -0.2) is 12.5 Å². The number of carbonyl (C=O) groups is 1. The van der Waals surface area contributed by atoms with Crippen LogP contribution in [0.2, 0.25) is 5.02 Å². The summed E-state index contributed by atoms with van der Waals surface area (Å²) in [6.07, 6.45) is 4.50. The molecule has 0 atom stereocenters. The van der Waals surface area contributed by atoms with E-state index in [1.165, 1.54) is 24.0 Å². The molecule has 0 bridgehead atoms. The average molecular weight is 395 g/mol. The number of rotatable bonds is 4. The maximum Gasteiger partial charge on any atom is 0.262 e. The average Bonchev–Trinajstić information content (AvgIpc) is 2.54. The van der Waals surface area contributed by atoms with Gasteiger partial charge in [-0.2, -0.15) is 0 Å². The van der Waals surface area contributed by atoms with Crippen LogP contribution in [0, 0.1) is 0 Å². The number of halogens is 2. The van der Waals surface area contributed by atoms with E-state index in [4.69, 9.17) is 16.3 Å². The van der Waals surface area contributed by atoms with Crippen LogP contribution in [0.25, 0.3) is 0 Å². The maximum atomic E-state index is 12.2. The predicted octanol–water partition coefficient (Wildman–Crippen LogP) is 5.00. The van der Waals surface area contributed by atoms with Gasteiger partial charge in [-0.05, 0) is 61.1 Å². The Balaban J connectivity index is 1.64. The maximum absolute atomic E-state index is 12.2. The number of benzene rings is 2. The second-order valence-corrected chi connectivity index (χ2v) is 6.88. The van der Waals surface area contributed by atoms with Gasteiger partial charge in [0.2, 0.25) is 0 Å². The van der Waals surface area contributed by atoms with Gasteiger partial charge in [0.15, 0.2) is 6.61 Å². The quantitative estimate of drug-likeness (QED) is 0.792. The van der Waals surface area contributed by atoms with Crippen molar-refractivity contribution in [2.24, 2.45) is 0 Å². The number of hydrogen-bond donors (Lipinski definition) is 1. The topological polar surface area (TPSA) is 38.3 Å². The van der Waals surface area contributed by atoms with Crippen molar-refractivity contribution in [3.05, 3.63) is 57.0 Å². The van der Waals surface area contributed by atoms with Crippen molar-refractivity contribution in [3.8, 4) is 5.75 Å². The fourth-order valence-electron chi connectivity index (χ4n) is 2.82. The third kappa shape index (κ3) is 4.06. The summed E-state index contributed by atoms with van der Waals surface area (Å²) >= 11 is 9.42. The monoisotopic (exact) mass is 393 g/mol. The molecule has 3 rings (SSSR count). The smallest absolute Gasteiger partial charge is 0.262 e. The van der Waals surface area contributed by atoms with Gasteiger partial charge >= 0.3 is 0 Å². The van der Waals surface area contributed by atoms with Crippen molar-refractivity contribution in [1.82, 2.24) is 0 Å². The van der Waals surface area contributed by atoms with E-state index in [9.17, 15) is 4.79 Å². The third-order valence-corrected chi connectivity index (χ3v) is 4.71. The van der Waals surface area contributed by atoms with E-state index in [1.54, 1.807) is 12.1 Å². The molecule has 1 aliphatic carbocycles. The molecule has 1 N–H and O–H groups in total. The first-order valence-corrected chi connectivity index (χ1v) is 8.79. The Morgan fingerprint density at radius 3 is 2.87 bits per heavy atom. The zero-order valence-electron chi connectivity index (χ0n) is 12.6. The van der Waals surface area contributed by atoms with Crippen LogP contribution in [0.1, 0.15) is 24.0 Å². The Morgan fingerprint density at radius 1 is 1.22 bits per heavy atom. The number of hydrogen-bond acceptors (Lipinski definition) is 2. The number of anilines is 1. The Bertz CT molecular complexity index is 733. The minimum atomic E-state index is -0.178. The number of fused-ring (bicyclic) bond motifs is 1. The molecule has 0 heterocycles. The van der Waals surface area contributed by atoms with Crippen LogP contribution < -0.4 is 10.1 Å². The molecule has 23 heavy (non-hydrogen) atoms. The molecular formula is C18H17BrClNO2. The summed E-state index contributed by atoms with van der Waals surface area (Å²) in [6, 6.07) is 11.4. The highest BCUT2D eigenvalue weighted by Crippen LogP contribution is 2.29. The molecule has 1 aliphatic rings. The first-order valence-electron chi connectivity index (χ1n) is 7.62. The number of carbonyl (C=O) groups excluding carboxylic acids is 1. The highest BCUT2D eigenvalue weighted by atomic mass is 79.9. The van der Waals surface area contributed by atoms with E-state index in [0.29, 0.717) is 10.8 Å². The Hall–Kier alpha value is -1.52. The van der Waals surface area contributed by atoms with Crippen LogP contribution in [0.15, 0.2) is 40.9 Å². The molecule has 0 radical (unpaired) electrons. The minimum absolute atomic E-state index is 0.0645. The van der Waals surface area contributed by atoms with E-state index < -0.39 is 0 Å². The molecular weight excluding hydrogens is 378 g/mol. The van der Waals surface area contributed by atoms with Crippen molar-refractivity contribution in [2.75, 3.05) is 11.9 Å². The molecule has 2 aromatic carbocycles. The van der Waals surface area contributed by atoms with Crippen LogP contribution in [0.3, 0.4) is 0 Å². The molecule has 5 heteroatoms. The molecule has 120 valence electrons. The summed E-state index contributed by atoms with van der Waals surface area (Å²) in [5, 5.41) is 3.43. The SMILES string of the molecule is O=C(COc1ccc(Br)cc1Cl)Nc1cccc2c1CCCC2. The van der Waals surface area contributed by atoms with Gasteiger partial charge in [-0.15, -0.1) is 0 Å². The number of aryl methyl sites for hydroxylation is 1. The van der Waals surface area contributed by atoms with Crippen molar-refractivity contribution >= 4 is 39.1 Å². The van der Waals surface area contributed by atoms with Crippen LogP contribution in [0.4, 0.5) is 5.69 Å². The Labute approximate surface area is 149 Å². The van der Waals surface area contributed by atoms with Crippen molar-refractivity contribution < 1.29 is 9.53 Å². The normalized spacial score (nSPS) is 13.3. The molecule has 0 aliphatic heterocycles. The lowest BCUT2D eigenvalue weighted by Crippen LogP contribution is -2.21. The molecule has 3 nitrogen and oxygen atoms in total. The molecule has 1 amide bonds. The van der Waals surface area contributed by atoms with Crippen LogP contribution >= 0.6 is 27.5 Å². The van der Waals surface area contributed by atoms with Gasteiger partial charge in [0.1, 0.15) is 5.75 Å². The number of amides is 1. The Morgan fingerprint density at radius 2 is 2.04 bits per heavy atom. The molecule has 0 saturated heterocycles. The van der Waals surface area contributed by atoms with Gasteiger partial charge < -0.3 is 10.1 Å². The van der Waals surface area contributed by atoms with E-state index in [-0.39, 0.29) is 12.5 Å². The fourth-order valence-corrected chi connectivity index (χ4v) is 3.55. The van der Waals surface area contributed by atoms with Gasteiger partial charge in [0.05, 0.1) is 5.02 Å². The van der Waals surface area contributed by atoms with Crippen LogP contribution in [-0.2, 0) is 17.6 Å².